The van der Waals surface area contributed by atoms with E-state index in [0.29, 0.717) is 12.5 Å². The van der Waals surface area contributed by atoms with Crippen LogP contribution in [0.25, 0.3) is 0 Å². The van der Waals surface area contributed by atoms with E-state index in [1.54, 1.807) is 0 Å². The molecule has 19 heavy (non-hydrogen) atoms. The van der Waals surface area contributed by atoms with Crippen molar-refractivity contribution in [3.63, 3.8) is 0 Å². The molecule has 3 N–H and O–H groups in total. The minimum Gasteiger partial charge on any atom is -0.398 e. The van der Waals surface area contributed by atoms with E-state index in [1.807, 2.05) is 12.1 Å². The Bertz CT molecular complexity index is 482. The molecule has 0 saturated heterocycles. The molecule has 0 spiro atoms. The van der Waals surface area contributed by atoms with E-state index in [0.717, 1.165) is 44.6 Å². The smallest absolute Gasteiger partial charge is 0.221 e. The quantitative estimate of drug-likeness (QED) is 0.801. The Morgan fingerprint density at radius 3 is 3.05 bits per heavy atom. The van der Waals surface area contributed by atoms with Gasteiger partial charge in [-0.25, -0.2) is 0 Å². The van der Waals surface area contributed by atoms with Crippen LogP contribution >= 0.6 is 0 Å². The first-order valence-electron chi connectivity index (χ1n) is 7.10. The van der Waals surface area contributed by atoms with Gasteiger partial charge in [-0.3, -0.25) is 9.69 Å². The molecule has 1 aliphatic heterocycles. The highest BCUT2D eigenvalue weighted by molar-refractivity contribution is 5.76. The Balaban J connectivity index is 1.53. The number of benzene rings is 1. The van der Waals surface area contributed by atoms with Gasteiger partial charge in [-0.2, -0.15) is 0 Å². The molecule has 0 unspecified atom stereocenters. The lowest BCUT2D eigenvalue weighted by Crippen LogP contribution is -2.35. The number of fused-ring (bicyclic) bond motifs is 1. The molecule has 1 aromatic carbocycles. The summed E-state index contributed by atoms with van der Waals surface area (Å²) in [5, 5.41) is 3.03. The summed E-state index contributed by atoms with van der Waals surface area (Å²) in [6, 6.07) is 6.60. The minimum atomic E-state index is 0.189. The average Bonchev–Trinajstić information content (AvgIpc) is 3.21. The van der Waals surface area contributed by atoms with Crippen LogP contribution in [0.2, 0.25) is 0 Å². The van der Waals surface area contributed by atoms with Gasteiger partial charge >= 0.3 is 0 Å². The summed E-state index contributed by atoms with van der Waals surface area (Å²) in [5.41, 5.74) is 9.51. The zero-order valence-corrected chi connectivity index (χ0v) is 11.2. The van der Waals surface area contributed by atoms with Crippen LogP contribution in [0.4, 0.5) is 5.69 Å². The molecule has 1 heterocycles. The molecule has 2 aliphatic rings. The number of nitrogen functional groups attached to an aromatic ring is 1. The number of hydrogen-bond acceptors (Lipinski definition) is 3. The zero-order chi connectivity index (χ0) is 13.2. The van der Waals surface area contributed by atoms with Crippen molar-refractivity contribution in [3.8, 4) is 0 Å². The van der Waals surface area contributed by atoms with Crippen LogP contribution in [0.15, 0.2) is 18.2 Å². The minimum absolute atomic E-state index is 0.189. The van der Waals surface area contributed by atoms with Crippen molar-refractivity contribution in [2.45, 2.75) is 38.3 Å². The van der Waals surface area contributed by atoms with Crippen molar-refractivity contribution in [3.05, 3.63) is 29.3 Å². The van der Waals surface area contributed by atoms with E-state index in [-0.39, 0.29) is 5.91 Å². The van der Waals surface area contributed by atoms with Gasteiger partial charge in [0.1, 0.15) is 0 Å². The van der Waals surface area contributed by atoms with Gasteiger partial charge in [0.05, 0.1) is 0 Å². The molecule has 0 radical (unpaired) electrons. The maximum Gasteiger partial charge on any atom is 0.221 e. The number of nitrogens with two attached hydrogens (primary N) is 1. The molecule has 0 aromatic heterocycles. The SMILES string of the molecule is Nc1cccc2c1CN(CCC(=O)NC1CC1)CC2. The molecule has 1 saturated carbocycles. The summed E-state index contributed by atoms with van der Waals surface area (Å²) in [4.78, 5) is 14.0. The highest BCUT2D eigenvalue weighted by atomic mass is 16.1. The lowest BCUT2D eigenvalue weighted by atomic mass is 9.98. The van der Waals surface area contributed by atoms with Gasteiger partial charge in [-0.05, 0) is 36.5 Å². The van der Waals surface area contributed by atoms with Gasteiger partial charge in [-0.1, -0.05) is 12.1 Å². The lowest BCUT2D eigenvalue weighted by Gasteiger charge is -2.29. The fourth-order valence-electron chi connectivity index (χ4n) is 2.64. The number of carbonyl (C=O) groups excluding carboxylic acids is 1. The number of carbonyl (C=O) groups is 1. The maximum absolute atomic E-state index is 11.7. The van der Waals surface area contributed by atoms with Crippen molar-refractivity contribution >= 4 is 11.6 Å². The van der Waals surface area contributed by atoms with Gasteiger partial charge < -0.3 is 11.1 Å². The Kier molecular flexibility index (Phi) is 3.42. The van der Waals surface area contributed by atoms with Crippen LogP contribution in [0.3, 0.4) is 0 Å². The number of amides is 1. The number of nitrogens with zero attached hydrogens (tertiary/aromatic N) is 1. The number of rotatable bonds is 4. The first-order chi connectivity index (χ1) is 9.22. The summed E-state index contributed by atoms with van der Waals surface area (Å²) in [5.74, 6) is 0.189. The summed E-state index contributed by atoms with van der Waals surface area (Å²) >= 11 is 0. The Morgan fingerprint density at radius 1 is 1.42 bits per heavy atom. The van der Waals surface area contributed by atoms with E-state index in [4.69, 9.17) is 5.73 Å². The van der Waals surface area contributed by atoms with Crippen molar-refractivity contribution in [2.24, 2.45) is 0 Å². The second kappa shape index (κ2) is 5.21. The molecule has 102 valence electrons. The second-order valence-corrected chi connectivity index (χ2v) is 5.60. The van der Waals surface area contributed by atoms with Gasteiger partial charge in [0.25, 0.3) is 0 Å². The third kappa shape index (κ3) is 3.07. The van der Waals surface area contributed by atoms with Crippen molar-refractivity contribution in [1.29, 1.82) is 0 Å². The van der Waals surface area contributed by atoms with Crippen LogP contribution in [0.1, 0.15) is 30.4 Å². The van der Waals surface area contributed by atoms with Crippen molar-refractivity contribution in [2.75, 3.05) is 18.8 Å². The molecule has 4 nitrogen and oxygen atoms in total. The van der Waals surface area contributed by atoms with Crippen LogP contribution < -0.4 is 11.1 Å². The molecule has 1 aromatic rings. The van der Waals surface area contributed by atoms with Crippen molar-refractivity contribution in [1.82, 2.24) is 10.2 Å². The topological polar surface area (TPSA) is 58.4 Å². The van der Waals surface area contributed by atoms with Gasteiger partial charge in [0, 0.05) is 37.8 Å². The zero-order valence-electron chi connectivity index (χ0n) is 11.2. The van der Waals surface area contributed by atoms with E-state index in [1.165, 1.54) is 11.1 Å². The fraction of sp³-hybridized carbons (Fsp3) is 0.533. The van der Waals surface area contributed by atoms with Gasteiger partial charge in [0.2, 0.25) is 5.91 Å². The molecule has 1 amide bonds. The predicted octanol–water partition coefficient (Wildman–Crippen LogP) is 1.30. The molecule has 1 aliphatic carbocycles. The molecule has 0 atom stereocenters. The summed E-state index contributed by atoms with van der Waals surface area (Å²) in [7, 11) is 0. The monoisotopic (exact) mass is 259 g/mol. The summed E-state index contributed by atoms with van der Waals surface area (Å²) in [6.07, 6.45) is 3.93. The lowest BCUT2D eigenvalue weighted by molar-refractivity contribution is -0.121. The summed E-state index contributed by atoms with van der Waals surface area (Å²) in [6.45, 7) is 2.72. The van der Waals surface area contributed by atoms with E-state index >= 15 is 0 Å². The molecule has 1 fully saturated rings. The van der Waals surface area contributed by atoms with Gasteiger partial charge in [-0.15, -0.1) is 0 Å². The normalized spacial score (nSPS) is 18.9. The van der Waals surface area contributed by atoms with Crippen molar-refractivity contribution < 1.29 is 4.79 Å². The second-order valence-electron chi connectivity index (χ2n) is 5.60. The third-order valence-electron chi connectivity index (χ3n) is 3.99. The van der Waals surface area contributed by atoms with E-state index < -0.39 is 0 Å². The average molecular weight is 259 g/mol. The largest absolute Gasteiger partial charge is 0.398 e. The van der Waals surface area contributed by atoms with Crippen LogP contribution in [-0.4, -0.2) is 29.9 Å². The first-order valence-corrected chi connectivity index (χ1v) is 7.10. The highest BCUT2D eigenvalue weighted by Gasteiger charge is 2.24. The Hall–Kier alpha value is -1.55. The fourth-order valence-corrected chi connectivity index (χ4v) is 2.64. The number of hydrogen-bond donors (Lipinski definition) is 2. The molecular formula is C15H21N3O. The number of anilines is 1. The molecule has 0 bridgehead atoms. The third-order valence-corrected chi connectivity index (χ3v) is 3.99. The van der Waals surface area contributed by atoms with Crippen LogP contribution in [0, 0.1) is 0 Å². The van der Waals surface area contributed by atoms with Crippen LogP contribution in [-0.2, 0) is 17.8 Å². The molecule has 3 rings (SSSR count). The standard InChI is InChI=1S/C15H21N3O/c16-14-3-1-2-11-6-8-18(10-13(11)14)9-7-15(19)17-12-4-5-12/h1-3,12H,4-10,16H2,(H,17,19). The predicted molar refractivity (Wildman–Crippen MR) is 75.6 cm³/mol. The number of nitrogens with one attached hydrogen (secondary N) is 1. The highest BCUT2D eigenvalue weighted by Crippen LogP contribution is 2.24. The Labute approximate surface area is 114 Å². The molecule has 4 heteroatoms. The first kappa shape index (κ1) is 12.5. The maximum atomic E-state index is 11.7. The van der Waals surface area contributed by atoms with E-state index in [9.17, 15) is 4.79 Å². The van der Waals surface area contributed by atoms with Gasteiger partial charge in [0.15, 0.2) is 0 Å². The van der Waals surface area contributed by atoms with Crippen LogP contribution in [0.5, 0.6) is 0 Å². The summed E-state index contributed by atoms with van der Waals surface area (Å²) < 4.78 is 0. The van der Waals surface area contributed by atoms with E-state index in [2.05, 4.69) is 16.3 Å². The molecular weight excluding hydrogens is 238 g/mol. The Morgan fingerprint density at radius 2 is 2.26 bits per heavy atom.